The Bertz CT molecular complexity index is 218. The van der Waals surface area contributed by atoms with Crippen LogP contribution in [0.1, 0.15) is 31.0 Å². The van der Waals surface area contributed by atoms with Gasteiger partial charge in [0.15, 0.2) is 0 Å². The van der Waals surface area contributed by atoms with Gasteiger partial charge in [0, 0.05) is 11.9 Å². The van der Waals surface area contributed by atoms with E-state index in [9.17, 15) is 0 Å². The van der Waals surface area contributed by atoms with Gasteiger partial charge in [-0.15, -0.1) is 0 Å². The minimum Gasteiger partial charge on any atom is -0.261 e. The maximum absolute atomic E-state index is 4.32. The summed E-state index contributed by atoms with van der Waals surface area (Å²) >= 11 is 0. The average molecular weight is 149 g/mol. The minimum atomic E-state index is 1.13. The summed E-state index contributed by atoms with van der Waals surface area (Å²) in [5.74, 6) is 0. The van der Waals surface area contributed by atoms with E-state index >= 15 is 0 Å². The van der Waals surface area contributed by atoms with Crippen molar-refractivity contribution >= 4 is 0 Å². The van der Waals surface area contributed by atoms with Crippen LogP contribution in [0.25, 0.3) is 0 Å². The maximum Gasteiger partial charge on any atom is 0.0432 e. The van der Waals surface area contributed by atoms with E-state index < -0.39 is 0 Å². The second-order valence-electron chi connectivity index (χ2n) is 2.87. The third-order valence-electron chi connectivity index (χ3n) is 1.88. The third-order valence-corrected chi connectivity index (χ3v) is 1.88. The summed E-state index contributed by atoms with van der Waals surface area (Å²) < 4.78 is 0. The van der Waals surface area contributed by atoms with Crippen molar-refractivity contribution in [2.24, 2.45) is 0 Å². The molecule has 0 aliphatic rings. The number of hydrogen-bond donors (Lipinski definition) is 0. The number of nitrogens with zero attached hydrogens (tertiary/aromatic N) is 1. The van der Waals surface area contributed by atoms with Gasteiger partial charge in [-0.2, -0.15) is 0 Å². The molecule has 0 bridgehead atoms. The molecule has 0 aliphatic heterocycles. The van der Waals surface area contributed by atoms with Crippen molar-refractivity contribution in [3.8, 4) is 0 Å². The predicted octanol–water partition coefficient (Wildman–Crippen LogP) is 2.73. The molecule has 0 aliphatic carbocycles. The monoisotopic (exact) mass is 149 g/mol. The molecule has 1 aromatic heterocycles. The lowest BCUT2D eigenvalue weighted by Gasteiger charge is -2.01. The molecule has 0 radical (unpaired) electrons. The summed E-state index contributed by atoms with van der Waals surface area (Å²) in [6.07, 6.45) is 5.50. The van der Waals surface area contributed by atoms with Crippen LogP contribution in [0.2, 0.25) is 0 Å². The summed E-state index contributed by atoms with van der Waals surface area (Å²) in [5.41, 5.74) is 2.58. The van der Waals surface area contributed by atoms with Crippen LogP contribution in [-0.4, -0.2) is 4.98 Å². The largest absolute Gasteiger partial charge is 0.261 e. The Kier molecular flexibility index (Phi) is 3.09. The number of unbranched alkanes of at least 4 members (excludes halogenated alkanes) is 1. The van der Waals surface area contributed by atoms with Crippen molar-refractivity contribution in [1.29, 1.82) is 0 Å². The van der Waals surface area contributed by atoms with E-state index in [4.69, 9.17) is 0 Å². The Labute approximate surface area is 68.5 Å². The Morgan fingerprint density at radius 1 is 1.45 bits per heavy atom. The molecule has 0 fully saturated rings. The summed E-state index contributed by atoms with van der Waals surface area (Å²) in [7, 11) is 0. The molecule has 0 saturated heterocycles. The third kappa shape index (κ3) is 2.34. The SMILES string of the molecule is CCCCc1ncccc1C. The van der Waals surface area contributed by atoms with Gasteiger partial charge < -0.3 is 0 Å². The maximum atomic E-state index is 4.32. The van der Waals surface area contributed by atoms with Crippen molar-refractivity contribution in [1.82, 2.24) is 4.98 Å². The van der Waals surface area contributed by atoms with E-state index in [1.165, 1.54) is 24.1 Å². The van der Waals surface area contributed by atoms with Gasteiger partial charge in [-0.05, 0) is 31.4 Å². The average Bonchev–Trinajstić information content (AvgIpc) is 2.03. The second-order valence-corrected chi connectivity index (χ2v) is 2.87. The van der Waals surface area contributed by atoms with Crippen molar-refractivity contribution < 1.29 is 0 Å². The molecule has 0 atom stereocenters. The molecule has 1 aromatic rings. The lowest BCUT2D eigenvalue weighted by atomic mass is 10.1. The Morgan fingerprint density at radius 3 is 2.91 bits per heavy atom. The fourth-order valence-electron chi connectivity index (χ4n) is 1.12. The molecule has 1 rings (SSSR count). The van der Waals surface area contributed by atoms with Crippen molar-refractivity contribution in [2.75, 3.05) is 0 Å². The summed E-state index contributed by atoms with van der Waals surface area (Å²) in [6, 6.07) is 4.11. The summed E-state index contributed by atoms with van der Waals surface area (Å²) in [6.45, 7) is 4.33. The molecular formula is C10H15N. The molecule has 0 unspecified atom stereocenters. The zero-order chi connectivity index (χ0) is 8.10. The van der Waals surface area contributed by atoms with E-state index in [1.807, 2.05) is 12.3 Å². The van der Waals surface area contributed by atoms with Crippen LogP contribution in [0.4, 0.5) is 0 Å². The first-order valence-electron chi connectivity index (χ1n) is 4.25. The van der Waals surface area contributed by atoms with Gasteiger partial charge in [0.25, 0.3) is 0 Å². The van der Waals surface area contributed by atoms with Crippen molar-refractivity contribution in [2.45, 2.75) is 33.1 Å². The van der Waals surface area contributed by atoms with Gasteiger partial charge in [-0.3, -0.25) is 4.98 Å². The normalized spacial score (nSPS) is 10.0. The molecular weight excluding hydrogens is 134 g/mol. The van der Waals surface area contributed by atoms with Gasteiger partial charge >= 0.3 is 0 Å². The zero-order valence-corrected chi connectivity index (χ0v) is 7.30. The Balaban J connectivity index is 2.62. The van der Waals surface area contributed by atoms with E-state index in [2.05, 4.69) is 24.9 Å². The number of hydrogen-bond acceptors (Lipinski definition) is 1. The van der Waals surface area contributed by atoms with Crippen LogP contribution in [0, 0.1) is 6.92 Å². The van der Waals surface area contributed by atoms with Crippen molar-refractivity contribution in [3.05, 3.63) is 29.6 Å². The van der Waals surface area contributed by atoms with Gasteiger partial charge in [-0.1, -0.05) is 19.4 Å². The van der Waals surface area contributed by atoms with Gasteiger partial charge in [-0.25, -0.2) is 0 Å². The topological polar surface area (TPSA) is 12.9 Å². The molecule has 0 saturated carbocycles. The van der Waals surface area contributed by atoms with E-state index in [0.29, 0.717) is 0 Å². The molecule has 0 spiro atoms. The molecule has 11 heavy (non-hydrogen) atoms. The fourth-order valence-corrected chi connectivity index (χ4v) is 1.12. The van der Waals surface area contributed by atoms with Crippen LogP contribution in [-0.2, 0) is 6.42 Å². The lowest BCUT2D eigenvalue weighted by Crippen LogP contribution is -1.92. The van der Waals surface area contributed by atoms with Gasteiger partial charge in [0.1, 0.15) is 0 Å². The molecule has 1 heterocycles. The number of pyridine rings is 1. The Hall–Kier alpha value is -0.850. The lowest BCUT2D eigenvalue weighted by molar-refractivity contribution is 0.771. The van der Waals surface area contributed by atoms with E-state index in [-0.39, 0.29) is 0 Å². The highest BCUT2D eigenvalue weighted by molar-refractivity contribution is 5.17. The predicted molar refractivity (Wildman–Crippen MR) is 47.6 cm³/mol. The van der Waals surface area contributed by atoms with Crippen LogP contribution in [0.5, 0.6) is 0 Å². The molecule has 1 nitrogen and oxygen atoms in total. The highest BCUT2D eigenvalue weighted by Crippen LogP contribution is 2.06. The summed E-state index contributed by atoms with van der Waals surface area (Å²) in [4.78, 5) is 4.32. The van der Waals surface area contributed by atoms with E-state index in [1.54, 1.807) is 0 Å². The molecule has 1 heteroatoms. The fraction of sp³-hybridized carbons (Fsp3) is 0.500. The Morgan fingerprint density at radius 2 is 2.27 bits per heavy atom. The summed E-state index contributed by atoms with van der Waals surface area (Å²) in [5, 5.41) is 0. The van der Waals surface area contributed by atoms with Crippen LogP contribution < -0.4 is 0 Å². The van der Waals surface area contributed by atoms with E-state index in [0.717, 1.165) is 6.42 Å². The molecule has 0 N–H and O–H groups in total. The smallest absolute Gasteiger partial charge is 0.0432 e. The molecule has 0 aromatic carbocycles. The van der Waals surface area contributed by atoms with Crippen molar-refractivity contribution in [3.63, 3.8) is 0 Å². The van der Waals surface area contributed by atoms with Crippen LogP contribution in [0.15, 0.2) is 18.3 Å². The van der Waals surface area contributed by atoms with Gasteiger partial charge in [0.05, 0.1) is 0 Å². The van der Waals surface area contributed by atoms with Gasteiger partial charge in [0.2, 0.25) is 0 Å². The first-order chi connectivity index (χ1) is 5.34. The standard InChI is InChI=1S/C10H15N/c1-3-4-7-10-9(2)6-5-8-11-10/h5-6,8H,3-4,7H2,1-2H3. The first-order valence-corrected chi connectivity index (χ1v) is 4.25. The zero-order valence-electron chi connectivity index (χ0n) is 7.30. The highest BCUT2D eigenvalue weighted by atomic mass is 14.7. The number of aryl methyl sites for hydroxylation is 2. The number of aromatic nitrogens is 1. The highest BCUT2D eigenvalue weighted by Gasteiger charge is 1.95. The second kappa shape index (κ2) is 4.12. The quantitative estimate of drug-likeness (QED) is 0.644. The number of rotatable bonds is 3. The minimum absolute atomic E-state index is 1.13. The first kappa shape index (κ1) is 8.25. The van der Waals surface area contributed by atoms with Crippen LogP contribution >= 0.6 is 0 Å². The van der Waals surface area contributed by atoms with Crippen LogP contribution in [0.3, 0.4) is 0 Å². The molecule has 60 valence electrons. The molecule has 0 amide bonds.